The molecule has 4 aromatic rings. The monoisotopic (exact) mass is 462 g/mol. The van der Waals surface area contributed by atoms with E-state index in [1.165, 1.54) is 31.5 Å². The minimum Gasteiger partial charge on any atom is -0.324 e. The third-order valence-electron chi connectivity index (χ3n) is 4.44. The van der Waals surface area contributed by atoms with Crippen molar-refractivity contribution in [2.24, 2.45) is 0 Å². The summed E-state index contributed by atoms with van der Waals surface area (Å²) in [5.74, 6) is -0.152. The molecule has 3 heterocycles. The van der Waals surface area contributed by atoms with Crippen LogP contribution in [0.15, 0.2) is 57.6 Å². The molecule has 164 valence electrons. The number of alkyl halides is 3. The van der Waals surface area contributed by atoms with Crippen LogP contribution in [0.25, 0.3) is 11.3 Å². The number of Topliss-reactive ketones (excluding diaryl/α,β-unsaturated/α-hetero) is 1. The van der Waals surface area contributed by atoms with Crippen LogP contribution in [0.4, 0.5) is 13.2 Å². The van der Waals surface area contributed by atoms with Crippen LogP contribution >= 0.6 is 11.8 Å². The molecule has 0 aliphatic heterocycles. The number of aromatic nitrogens is 6. The Kier molecular flexibility index (Phi) is 5.42. The Balaban J connectivity index is 1.78. The zero-order valence-electron chi connectivity index (χ0n) is 16.3. The van der Waals surface area contributed by atoms with Crippen molar-refractivity contribution in [3.63, 3.8) is 0 Å². The molecule has 3 aromatic heterocycles. The maximum Gasteiger partial charge on any atom is 0.416 e. The largest absolute Gasteiger partial charge is 0.416 e. The SMILES string of the molecule is CC(=O)c1cnn2nc(SCc3ccc(C(F)(F)F)cc3)n(-c3c[nH]c(=O)cn3)c(=O)c12. The molecule has 0 radical (unpaired) electrons. The minimum atomic E-state index is -4.44. The average Bonchev–Trinajstić information content (AvgIpc) is 3.18. The van der Waals surface area contributed by atoms with E-state index in [2.05, 4.69) is 20.2 Å². The van der Waals surface area contributed by atoms with Crippen molar-refractivity contribution in [1.29, 1.82) is 0 Å². The second kappa shape index (κ2) is 8.07. The van der Waals surface area contributed by atoms with Gasteiger partial charge in [-0.1, -0.05) is 23.9 Å². The summed E-state index contributed by atoms with van der Waals surface area (Å²) in [5, 5.41) is 8.35. The molecule has 0 amide bonds. The van der Waals surface area contributed by atoms with Crippen molar-refractivity contribution in [1.82, 2.24) is 29.4 Å². The number of H-pyrrole nitrogens is 1. The van der Waals surface area contributed by atoms with Crippen molar-refractivity contribution in [2.45, 2.75) is 24.0 Å². The van der Waals surface area contributed by atoms with Crippen molar-refractivity contribution in [3.05, 3.63) is 80.3 Å². The molecule has 1 aromatic carbocycles. The highest BCUT2D eigenvalue weighted by Crippen LogP contribution is 2.30. The highest BCUT2D eigenvalue weighted by atomic mass is 32.2. The molecule has 0 atom stereocenters. The predicted octanol–water partition coefficient (Wildman–Crippen LogP) is 2.48. The summed E-state index contributed by atoms with van der Waals surface area (Å²) in [7, 11) is 0. The molecule has 0 fully saturated rings. The van der Waals surface area contributed by atoms with Crippen molar-refractivity contribution in [3.8, 4) is 5.82 Å². The topological polar surface area (TPSA) is 115 Å². The van der Waals surface area contributed by atoms with Gasteiger partial charge in [0.25, 0.3) is 11.1 Å². The summed E-state index contributed by atoms with van der Waals surface area (Å²) < 4.78 is 40.4. The number of nitrogens with one attached hydrogen (secondary N) is 1. The number of hydrogen-bond donors (Lipinski definition) is 1. The Bertz CT molecular complexity index is 1420. The molecule has 13 heteroatoms. The van der Waals surface area contributed by atoms with Gasteiger partial charge in [-0.15, -0.1) is 9.73 Å². The van der Waals surface area contributed by atoms with Crippen LogP contribution in [-0.4, -0.2) is 35.1 Å². The van der Waals surface area contributed by atoms with E-state index >= 15 is 0 Å². The third kappa shape index (κ3) is 4.06. The lowest BCUT2D eigenvalue weighted by molar-refractivity contribution is -0.137. The second-order valence-corrected chi connectivity index (χ2v) is 7.57. The fourth-order valence-corrected chi connectivity index (χ4v) is 3.81. The number of aromatic amines is 1. The highest BCUT2D eigenvalue weighted by molar-refractivity contribution is 7.98. The van der Waals surface area contributed by atoms with Gasteiger partial charge in [0.2, 0.25) is 0 Å². The Labute approximate surface area is 180 Å². The van der Waals surface area contributed by atoms with E-state index in [9.17, 15) is 27.6 Å². The molecule has 4 rings (SSSR count). The maximum atomic E-state index is 13.2. The molecule has 9 nitrogen and oxygen atoms in total. The van der Waals surface area contributed by atoms with Crippen LogP contribution in [0.2, 0.25) is 0 Å². The molecule has 0 saturated heterocycles. The molecular weight excluding hydrogens is 449 g/mol. The smallest absolute Gasteiger partial charge is 0.324 e. The van der Waals surface area contributed by atoms with E-state index in [-0.39, 0.29) is 33.6 Å². The maximum absolute atomic E-state index is 13.2. The van der Waals surface area contributed by atoms with E-state index in [0.29, 0.717) is 5.56 Å². The van der Waals surface area contributed by atoms with Gasteiger partial charge in [0.1, 0.15) is 0 Å². The first-order chi connectivity index (χ1) is 15.1. The Morgan fingerprint density at radius 2 is 1.88 bits per heavy atom. The number of benzene rings is 1. The van der Waals surface area contributed by atoms with Crippen molar-refractivity contribution in [2.75, 3.05) is 0 Å². The van der Waals surface area contributed by atoms with Crippen LogP contribution in [0.3, 0.4) is 0 Å². The molecule has 0 bridgehead atoms. The first kappa shape index (κ1) is 21.5. The van der Waals surface area contributed by atoms with E-state index in [0.717, 1.165) is 39.3 Å². The minimum absolute atomic E-state index is 0.0511. The Morgan fingerprint density at radius 3 is 2.47 bits per heavy atom. The van der Waals surface area contributed by atoms with Gasteiger partial charge in [0.05, 0.1) is 23.5 Å². The summed E-state index contributed by atoms with van der Waals surface area (Å²) in [4.78, 5) is 42.9. The molecule has 32 heavy (non-hydrogen) atoms. The first-order valence-corrected chi connectivity index (χ1v) is 10.00. The number of hydrogen-bond acceptors (Lipinski definition) is 7. The van der Waals surface area contributed by atoms with E-state index in [4.69, 9.17) is 0 Å². The van der Waals surface area contributed by atoms with Gasteiger partial charge in [-0.25, -0.2) is 9.55 Å². The van der Waals surface area contributed by atoms with Crippen LogP contribution in [0.5, 0.6) is 0 Å². The van der Waals surface area contributed by atoms with Gasteiger partial charge in [0, 0.05) is 11.9 Å². The van der Waals surface area contributed by atoms with Gasteiger partial charge in [-0.05, 0) is 24.6 Å². The van der Waals surface area contributed by atoms with E-state index in [1.807, 2.05) is 0 Å². The summed E-state index contributed by atoms with van der Waals surface area (Å²) >= 11 is 1.05. The zero-order valence-corrected chi connectivity index (χ0v) is 17.1. The summed E-state index contributed by atoms with van der Waals surface area (Å²) in [5.41, 5.74) is -1.33. The lowest BCUT2D eigenvalue weighted by Gasteiger charge is -2.11. The van der Waals surface area contributed by atoms with Gasteiger partial charge >= 0.3 is 6.18 Å². The molecular formula is C19H13F3N6O3S. The Hall–Kier alpha value is -3.74. The molecule has 1 N–H and O–H groups in total. The lowest BCUT2D eigenvalue weighted by Crippen LogP contribution is -2.27. The quantitative estimate of drug-likeness (QED) is 0.358. The van der Waals surface area contributed by atoms with Crippen LogP contribution in [0.1, 0.15) is 28.4 Å². The summed E-state index contributed by atoms with van der Waals surface area (Å²) in [6.07, 6.45) is -1.02. The van der Waals surface area contributed by atoms with Crippen molar-refractivity contribution < 1.29 is 18.0 Å². The predicted molar refractivity (Wildman–Crippen MR) is 108 cm³/mol. The number of fused-ring (bicyclic) bond motifs is 1. The fraction of sp³-hybridized carbons (Fsp3) is 0.158. The highest BCUT2D eigenvalue weighted by Gasteiger charge is 2.30. The Morgan fingerprint density at radius 1 is 1.16 bits per heavy atom. The number of nitrogens with zero attached hydrogens (tertiary/aromatic N) is 5. The number of rotatable bonds is 5. The van der Waals surface area contributed by atoms with E-state index in [1.54, 1.807) is 0 Å². The van der Waals surface area contributed by atoms with Gasteiger partial charge in [-0.3, -0.25) is 14.4 Å². The number of halogens is 3. The van der Waals surface area contributed by atoms with E-state index < -0.39 is 22.9 Å². The molecule has 0 unspecified atom stereocenters. The number of carbonyl (C=O) groups excluding carboxylic acids is 1. The fourth-order valence-electron chi connectivity index (χ4n) is 2.88. The molecule has 0 aliphatic rings. The number of thioether (sulfide) groups is 1. The average molecular weight is 462 g/mol. The lowest BCUT2D eigenvalue weighted by atomic mass is 10.1. The zero-order chi connectivity index (χ0) is 23.0. The van der Waals surface area contributed by atoms with Crippen LogP contribution in [0, 0.1) is 0 Å². The van der Waals surface area contributed by atoms with Crippen molar-refractivity contribution >= 4 is 23.1 Å². The van der Waals surface area contributed by atoms with Gasteiger partial charge < -0.3 is 4.98 Å². The number of ketones is 1. The number of carbonyl (C=O) groups is 1. The molecule has 0 saturated carbocycles. The first-order valence-electron chi connectivity index (χ1n) is 9.01. The van der Waals surface area contributed by atoms with Crippen LogP contribution < -0.4 is 11.1 Å². The third-order valence-corrected chi connectivity index (χ3v) is 5.44. The molecule has 0 aliphatic carbocycles. The van der Waals surface area contributed by atoms with Crippen LogP contribution in [-0.2, 0) is 11.9 Å². The van der Waals surface area contributed by atoms with Gasteiger partial charge in [0.15, 0.2) is 22.3 Å². The second-order valence-electron chi connectivity index (χ2n) is 6.63. The standard InChI is InChI=1S/C19H13F3N6O3S/c1-10(29)13-6-25-28-16(13)17(31)27(14-7-24-15(30)8-23-14)18(26-28)32-9-11-2-4-12(5-3-11)19(20,21)22/h2-8H,9H2,1H3,(H,24,30). The summed E-state index contributed by atoms with van der Waals surface area (Å²) in [6.45, 7) is 1.28. The summed E-state index contributed by atoms with van der Waals surface area (Å²) in [6, 6.07) is 4.60. The normalized spacial score (nSPS) is 11.8. The molecule has 0 spiro atoms. The van der Waals surface area contributed by atoms with Gasteiger partial charge in [-0.2, -0.15) is 18.3 Å².